The van der Waals surface area contributed by atoms with Crippen molar-refractivity contribution in [1.29, 1.82) is 0 Å². The van der Waals surface area contributed by atoms with E-state index in [9.17, 15) is 9.90 Å². The maximum absolute atomic E-state index is 12.3. The van der Waals surface area contributed by atoms with Crippen LogP contribution < -0.4 is 10.1 Å². The Hall–Kier alpha value is -2.57. The number of nitrogens with one attached hydrogen (secondary N) is 1. The lowest BCUT2D eigenvalue weighted by molar-refractivity contribution is -0.152. The van der Waals surface area contributed by atoms with Gasteiger partial charge in [0.05, 0.1) is 13.0 Å². The number of ether oxygens (including phenoxy) is 1. The van der Waals surface area contributed by atoms with E-state index < -0.39 is 5.97 Å². The first-order chi connectivity index (χ1) is 18.0. The number of carbonyl (C=O) groups is 1. The number of piperidine rings is 3. The monoisotopic (exact) mass is 570 g/mol. The van der Waals surface area contributed by atoms with Gasteiger partial charge in [0.15, 0.2) is 0 Å². The molecule has 3 aromatic rings. The van der Waals surface area contributed by atoms with Crippen LogP contribution in [0.25, 0.3) is 0 Å². The molecule has 6 rings (SSSR count). The number of rotatable bonds is 9. The number of carboxylic acids is 1. The molecule has 3 aliphatic heterocycles. The molecule has 3 aliphatic rings. The van der Waals surface area contributed by atoms with E-state index in [4.69, 9.17) is 4.74 Å². The number of hydrogen-bond acceptors (Lipinski definition) is 4. The highest BCUT2D eigenvalue weighted by atomic mass is 35.5. The van der Waals surface area contributed by atoms with Crippen LogP contribution in [0.3, 0.4) is 0 Å². The van der Waals surface area contributed by atoms with E-state index in [2.05, 4.69) is 103 Å². The molecular formula is C32H40Cl2N2O3. The summed E-state index contributed by atoms with van der Waals surface area (Å²) in [4.78, 5) is 14.8. The van der Waals surface area contributed by atoms with E-state index in [1.807, 2.05) is 0 Å². The van der Waals surface area contributed by atoms with Crippen LogP contribution in [-0.4, -0.2) is 48.3 Å². The van der Waals surface area contributed by atoms with E-state index in [1.165, 1.54) is 16.7 Å². The summed E-state index contributed by atoms with van der Waals surface area (Å²) in [5.74, 6) is 0.454. The summed E-state index contributed by atoms with van der Waals surface area (Å²) in [6, 6.07) is 28.0. The Morgan fingerprint density at radius 1 is 0.974 bits per heavy atom. The first-order valence-corrected chi connectivity index (χ1v) is 13.4. The second kappa shape index (κ2) is 13.7. The van der Waals surface area contributed by atoms with Crippen LogP contribution in [0, 0.1) is 11.8 Å². The molecule has 5 nitrogen and oxygen atoms in total. The van der Waals surface area contributed by atoms with E-state index in [0.29, 0.717) is 19.0 Å². The van der Waals surface area contributed by atoms with Gasteiger partial charge in [-0.25, -0.2) is 0 Å². The largest absolute Gasteiger partial charge is 0.496 e. The predicted octanol–water partition coefficient (Wildman–Crippen LogP) is 6.36. The summed E-state index contributed by atoms with van der Waals surface area (Å²) in [6.45, 7) is 6.57. The lowest BCUT2D eigenvalue weighted by atomic mass is 9.66. The standard InChI is InChI=1S/C32H38N2O3.2ClH/c1-21(2)24-14-15-28(37-3)25(18-24)19-33-30-26-16-17-34(20-27(26)32(35)36)31(30)29(22-10-6-4-7-11-22)23-12-8-5-9-13-23;;/h4-15,18,21,26-27,29-31,33H,16-17,19-20H2,1-3H3,(H,35,36);2*1H/t26?,27-,30?,31-;;/m0../s1. The highest BCUT2D eigenvalue weighted by molar-refractivity contribution is 5.85. The normalized spacial score (nSPS) is 23.7. The summed E-state index contributed by atoms with van der Waals surface area (Å²) in [5, 5.41) is 14.0. The molecule has 5 atom stereocenters. The van der Waals surface area contributed by atoms with Crippen molar-refractivity contribution >= 4 is 30.8 Å². The molecule has 0 spiro atoms. The number of methoxy groups -OCH3 is 1. The van der Waals surface area contributed by atoms with Crippen molar-refractivity contribution in [2.75, 3.05) is 20.2 Å². The van der Waals surface area contributed by atoms with Crippen molar-refractivity contribution in [2.45, 2.75) is 50.7 Å². The number of aliphatic carboxylic acids is 1. The van der Waals surface area contributed by atoms with Crippen molar-refractivity contribution in [3.8, 4) is 5.75 Å². The van der Waals surface area contributed by atoms with Gasteiger partial charge in [0.2, 0.25) is 0 Å². The summed E-state index contributed by atoms with van der Waals surface area (Å²) < 4.78 is 5.71. The first kappa shape index (κ1) is 31.0. The topological polar surface area (TPSA) is 61.8 Å². The maximum atomic E-state index is 12.3. The van der Waals surface area contributed by atoms with Crippen LogP contribution in [0.5, 0.6) is 5.75 Å². The van der Waals surface area contributed by atoms with Crippen LogP contribution in [0.2, 0.25) is 0 Å². The number of nitrogens with zero attached hydrogens (tertiary/aromatic N) is 1. The Morgan fingerprint density at radius 3 is 2.13 bits per heavy atom. The molecule has 0 saturated carbocycles. The van der Waals surface area contributed by atoms with Gasteiger partial charge < -0.3 is 15.2 Å². The Kier molecular flexibility index (Phi) is 10.9. The molecular weight excluding hydrogens is 531 g/mol. The van der Waals surface area contributed by atoms with E-state index >= 15 is 0 Å². The van der Waals surface area contributed by atoms with Gasteiger partial charge in [-0.05, 0) is 47.6 Å². The molecule has 3 unspecified atom stereocenters. The second-order valence-corrected chi connectivity index (χ2v) is 10.8. The molecule has 39 heavy (non-hydrogen) atoms. The molecule has 3 fully saturated rings. The molecule has 2 bridgehead atoms. The van der Waals surface area contributed by atoms with E-state index in [0.717, 1.165) is 24.3 Å². The zero-order chi connectivity index (χ0) is 25.9. The molecule has 0 aliphatic carbocycles. The first-order valence-electron chi connectivity index (χ1n) is 13.4. The third-order valence-electron chi connectivity index (χ3n) is 8.42. The van der Waals surface area contributed by atoms with Gasteiger partial charge >= 0.3 is 5.97 Å². The zero-order valence-electron chi connectivity index (χ0n) is 22.8. The minimum atomic E-state index is -0.685. The molecule has 0 aromatic heterocycles. The van der Waals surface area contributed by atoms with Gasteiger partial charge in [-0.2, -0.15) is 0 Å². The van der Waals surface area contributed by atoms with Crippen molar-refractivity contribution in [3.05, 3.63) is 101 Å². The number of halogens is 2. The summed E-state index contributed by atoms with van der Waals surface area (Å²) in [6.07, 6.45) is 0.893. The van der Waals surface area contributed by atoms with Crippen LogP contribution in [-0.2, 0) is 11.3 Å². The third-order valence-corrected chi connectivity index (χ3v) is 8.42. The summed E-state index contributed by atoms with van der Waals surface area (Å²) in [7, 11) is 1.71. The molecule has 3 aromatic carbocycles. The molecule has 2 N–H and O–H groups in total. The molecule has 7 heteroatoms. The maximum Gasteiger partial charge on any atom is 0.308 e. The second-order valence-electron chi connectivity index (χ2n) is 10.8. The third kappa shape index (κ3) is 6.44. The lowest BCUT2D eigenvalue weighted by Gasteiger charge is -2.56. The summed E-state index contributed by atoms with van der Waals surface area (Å²) in [5.41, 5.74) is 4.93. The Morgan fingerprint density at radius 2 is 1.59 bits per heavy atom. The quantitative estimate of drug-likeness (QED) is 0.313. The zero-order valence-corrected chi connectivity index (χ0v) is 24.5. The number of carboxylic acid groups (broad SMARTS) is 1. The van der Waals surface area contributed by atoms with Gasteiger partial charge in [-0.1, -0.05) is 86.6 Å². The fourth-order valence-corrected chi connectivity index (χ4v) is 6.56. The van der Waals surface area contributed by atoms with E-state index in [1.54, 1.807) is 7.11 Å². The van der Waals surface area contributed by atoms with Gasteiger partial charge in [0, 0.05) is 36.7 Å². The average molecular weight is 572 g/mol. The van der Waals surface area contributed by atoms with E-state index in [-0.39, 0.29) is 54.7 Å². The van der Waals surface area contributed by atoms with Crippen LogP contribution in [0.4, 0.5) is 0 Å². The predicted molar refractivity (Wildman–Crippen MR) is 162 cm³/mol. The number of fused-ring (bicyclic) bond motifs is 3. The molecule has 3 heterocycles. The van der Waals surface area contributed by atoms with Crippen LogP contribution in [0.1, 0.15) is 54.4 Å². The Balaban J connectivity index is 0.00000210. The Bertz CT molecular complexity index is 1170. The van der Waals surface area contributed by atoms with Gasteiger partial charge in [-0.3, -0.25) is 9.69 Å². The fourth-order valence-electron chi connectivity index (χ4n) is 6.56. The highest BCUT2D eigenvalue weighted by Gasteiger charge is 2.52. The highest BCUT2D eigenvalue weighted by Crippen LogP contribution is 2.44. The van der Waals surface area contributed by atoms with Crippen molar-refractivity contribution in [2.24, 2.45) is 11.8 Å². The number of benzene rings is 3. The molecule has 210 valence electrons. The molecule has 0 radical (unpaired) electrons. The Labute approximate surface area is 244 Å². The fraction of sp³-hybridized carbons (Fsp3) is 0.406. The van der Waals surface area contributed by atoms with Crippen molar-refractivity contribution < 1.29 is 14.6 Å². The van der Waals surface area contributed by atoms with Crippen molar-refractivity contribution in [3.63, 3.8) is 0 Å². The van der Waals surface area contributed by atoms with Crippen LogP contribution >= 0.6 is 24.8 Å². The minimum absolute atomic E-state index is 0. The number of hydrogen-bond donors (Lipinski definition) is 2. The lowest BCUT2D eigenvalue weighted by Crippen LogP contribution is -2.68. The molecule has 3 saturated heterocycles. The SMILES string of the molecule is COc1ccc(C(C)C)cc1CNC1C2CCN(C[C@@H]2C(=O)O)[C@H]1C(c1ccccc1)c1ccccc1.Cl.Cl. The molecule has 0 amide bonds. The smallest absolute Gasteiger partial charge is 0.308 e. The van der Waals surface area contributed by atoms with Gasteiger partial charge in [0.1, 0.15) is 5.75 Å². The average Bonchev–Trinajstić information content (AvgIpc) is 2.93. The van der Waals surface area contributed by atoms with Crippen molar-refractivity contribution in [1.82, 2.24) is 10.2 Å². The minimum Gasteiger partial charge on any atom is -0.496 e. The van der Waals surface area contributed by atoms with Crippen LogP contribution in [0.15, 0.2) is 78.9 Å². The van der Waals surface area contributed by atoms with Gasteiger partial charge in [-0.15, -0.1) is 24.8 Å². The van der Waals surface area contributed by atoms with Gasteiger partial charge in [0.25, 0.3) is 0 Å². The summed E-state index contributed by atoms with van der Waals surface area (Å²) >= 11 is 0.